The molecule has 0 aromatic carbocycles. The topological polar surface area (TPSA) is 60.9 Å². The first kappa shape index (κ1) is 11.9. The Labute approximate surface area is 90.1 Å². The molecule has 4 nitrogen and oxygen atoms in total. The molecule has 1 aromatic heterocycles. The van der Waals surface area contributed by atoms with E-state index in [9.17, 15) is 4.79 Å². The standard InChI is InChI=1S/C11H19N3O/c1-7(2)14-9(4)10(5-6-12)8(3)13-11(14)15/h7H,5-6,12H2,1-4H3. The van der Waals surface area contributed by atoms with Gasteiger partial charge in [0, 0.05) is 17.4 Å². The van der Waals surface area contributed by atoms with Crippen LogP contribution in [-0.4, -0.2) is 16.1 Å². The van der Waals surface area contributed by atoms with Crippen molar-refractivity contribution in [1.29, 1.82) is 0 Å². The van der Waals surface area contributed by atoms with Gasteiger partial charge in [-0.15, -0.1) is 0 Å². The minimum absolute atomic E-state index is 0.141. The number of aromatic nitrogens is 2. The Balaban J connectivity index is 3.42. The lowest BCUT2D eigenvalue weighted by atomic mass is 10.1. The molecule has 0 aliphatic rings. The van der Waals surface area contributed by atoms with Crippen LogP contribution in [0.5, 0.6) is 0 Å². The maximum atomic E-state index is 11.7. The number of nitrogens with zero attached hydrogens (tertiary/aromatic N) is 2. The van der Waals surface area contributed by atoms with Crippen molar-refractivity contribution < 1.29 is 0 Å². The summed E-state index contributed by atoms with van der Waals surface area (Å²) in [5.41, 5.74) is 8.28. The molecule has 0 aliphatic carbocycles. The number of hydrogen-bond acceptors (Lipinski definition) is 3. The zero-order valence-electron chi connectivity index (χ0n) is 9.87. The molecule has 0 saturated heterocycles. The van der Waals surface area contributed by atoms with Crippen molar-refractivity contribution >= 4 is 0 Å². The summed E-state index contributed by atoms with van der Waals surface area (Å²) in [5.74, 6) is 0. The molecule has 1 aromatic rings. The zero-order valence-corrected chi connectivity index (χ0v) is 9.87. The van der Waals surface area contributed by atoms with Crippen molar-refractivity contribution in [3.63, 3.8) is 0 Å². The van der Waals surface area contributed by atoms with Gasteiger partial charge in [-0.3, -0.25) is 4.57 Å². The predicted molar refractivity (Wildman–Crippen MR) is 61.1 cm³/mol. The molecule has 0 fully saturated rings. The Hall–Kier alpha value is -1.16. The van der Waals surface area contributed by atoms with Gasteiger partial charge in [0.05, 0.1) is 0 Å². The monoisotopic (exact) mass is 209 g/mol. The third-order valence-corrected chi connectivity index (χ3v) is 2.61. The lowest BCUT2D eigenvalue weighted by molar-refractivity contribution is 0.539. The Kier molecular flexibility index (Phi) is 3.63. The van der Waals surface area contributed by atoms with Crippen molar-refractivity contribution in [2.24, 2.45) is 5.73 Å². The van der Waals surface area contributed by atoms with E-state index in [-0.39, 0.29) is 11.7 Å². The van der Waals surface area contributed by atoms with Crippen LogP contribution in [0.3, 0.4) is 0 Å². The molecule has 84 valence electrons. The fourth-order valence-corrected chi connectivity index (χ4v) is 1.93. The van der Waals surface area contributed by atoms with Crippen molar-refractivity contribution in [1.82, 2.24) is 9.55 Å². The second-order valence-electron chi connectivity index (χ2n) is 4.05. The minimum atomic E-state index is -0.166. The molecule has 15 heavy (non-hydrogen) atoms. The van der Waals surface area contributed by atoms with Gasteiger partial charge in [0.2, 0.25) is 0 Å². The number of rotatable bonds is 3. The summed E-state index contributed by atoms with van der Waals surface area (Å²) in [6, 6.07) is 0.141. The van der Waals surface area contributed by atoms with Gasteiger partial charge in [-0.05, 0) is 46.2 Å². The minimum Gasteiger partial charge on any atom is -0.330 e. The van der Waals surface area contributed by atoms with Gasteiger partial charge in [0.1, 0.15) is 0 Å². The van der Waals surface area contributed by atoms with Crippen LogP contribution in [0, 0.1) is 13.8 Å². The van der Waals surface area contributed by atoms with Gasteiger partial charge < -0.3 is 5.73 Å². The van der Waals surface area contributed by atoms with Crippen LogP contribution in [-0.2, 0) is 6.42 Å². The van der Waals surface area contributed by atoms with Gasteiger partial charge in [0.15, 0.2) is 0 Å². The molecule has 0 unspecified atom stereocenters. The Morgan fingerprint density at radius 2 is 2.00 bits per heavy atom. The Morgan fingerprint density at radius 3 is 2.47 bits per heavy atom. The van der Waals surface area contributed by atoms with E-state index in [0.717, 1.165) is 23.4 Å². The molecule has 0 atom stereocenters. The van der Waals surface area contributed by atoms with Crippen LogP contribution < -0.4 is 11.4 Å². The zero-order chi connectivity index (χ0) is 11.6. The average Bonchev–Trinajstić information content (AvgIpc) is 2.11. The van der Waals surface area contributed by atoms with E-state index >= 15 is 0 Å². The van der Waals surface area contributed by atoms with E-state index in [1.54, 1.807) is 4.57 Å². The molecule has 0 spiro atoms. The Bertz CT molecular complexity index is 407. The summed E-state index contributed by atoms with van der Waals surface area (Å²) >= 11 is 0. The third-order valence-electron chi connectivity index (χ3n) is 2.61. The maximum Gasteiger partial charge on any atom is 0.348 e. The highest BCUT2D eigenvalue weighted by Crippen LogP contribution is 2.13. The number of nitrogens with two attached hydrogens (primary N) is 1. The lowest BCUT2D eigenvalue weighted by Crippen LogP contribution is -2.29. The summed E-state index contributed by atoms with van der Waals surface area (Å²) in [5, 5.41) is 0. The average molecular weight is 209 g/mol. The molecule has 0 radical (unpaired) electrons. The fraction of sp³-hybridized carbons (Fsp3) is 0.636. The van der Waals surface area contributed by atoms with Gasteiger partial charge in [0.25, 0.3) is 0 Å². The van der Waals surface area contributed by atoms with Crippen LogP contribution in [0.25, 0.3) is 0 Å². The van der Waals surface area contributed by atoms with E-state index in [2.05, 4.69) is 4.98 Å². The SMILES string of the molecule is Cc1nc(=O)n(C(C)C)c(C)c1CCN. The first-order valence-electron chi connectivity index (χ1n) is 5.27. The van der Waals surface area contributed by atoms with Gasteiger partial charge in [-0.25, -0.2) is 4.79 Å². The second-order valence-corrected chi connectivity index (χ2v) is 4.05. The van der Waals surface area contributed by atoms with Crippen LogP contribution in [0.15, 0.2) is 4.79 Å². The fourth-order valence-electron chi connectivity index (χ4n) is 1.93. The Morgan fingerprint density at radius 1 is 1.40 bits per heavy atom. The second kappa shape index (κ2) is 4.57. The van der Waals surface area contributed by atoms with Crippen LogP contribution in [0.1, 0.15) is 36.8 Å². The highest BCUT2D eigenvalue weighted by atomic mass is 16.1. The van der Waals surface area contributed by atoms with E-state index < -0.39 is 0 Å². The number of aryl methyl sites for hydroxylation is 1. The molecular weight excluding hydrogens is 190 g/mol. The van der Waals surface area contributed by atoms with E-state index in [1.807, 2.05) is 27.7 Å². The molecular formula is C11H19N3O. The predicted octanol–water partition coefficient (Wildman–Crippen LogP) is 0.942. The molecule has 1 rings (SSSR count). The largest absolute Gasteiger partial charge is 0.348 e. The summed E-state index contributed by atoms with van der Waals surface area (Å²) in [7, 11) is 0. The maximum absolute atomic E-state index is 11.7. The van der Waals surface area contributed by atoms with E-state index in [1.165, 1.54) is 0 Å². The highest BCUT2D eigenvalue weighted by molar-refractivity contribution is 5.24. The highest BCUT2D eigenvalue weighted by Gasteiger charge is 2.12. The molecule has 0 amide bonds. The van der Waals surface area contributed by atoms with Crippen LogP contribution in [0.2, 0.25) is 0 Å². The van der Waals surface area contributed by atoms with Gasteiger partial charge >= 0.3 is 5.69 Å². The molecule has 0 saturated carbocycles. The number of hydrogen-bond donors (Lipinski definition) is 1. The quantitative estimate of drug-likeness (QED) is 0.806. The van der Waals surface area contributed by atoms with E-state index in [4.69, 9.17) is 5.73 Å². The summed E-state index contributed by atoms with van der Waals surface area (Å²) in [6.45, 7) is 8.38. The smallest absolute Gasteiger partial charge is 0.330 e. The van der Waals surface area contributed by atoms with E-state index in [0.29, 0.717) is 6.54 Å². The van der Waals surface area contributed by atoms with Crippen molar-refractivity contribution in [3.05, 3.63) is 27.4 Å². The molecule has 0 bridgehead atoms. The van der Waals surface area contributed by atoms with Crippen molar-refractivity contribution in [2.45, 2.75) is 40.2 Å². The lowest BCUT2D eigenvalue weighted by Gasteiger charge is -2.17. The van der Waals surface area contributed by atoms with Crippen molar-refractivity contribution in [3.8, 4) is 0 Å². The molecule has 2 N–H and O–H groups in total. The first-order chi connectivity index (χ1) is 6.99. The molecule has 0 aliphatic heterocycles. The molecule has 1 heterocycles. The van der Waals surface area contributed by atoms with Crippen LogP contribution >= 0.6 is 0 Å². The van der Waals surface area contributed by atoms with Crippen LogP contribution in [0.4, 0.5) is 0 Å². The molecule has 4 heteroatoms. The normalized spacial score (nSPS) is 11.1. The first-order valence-corrected chi connectivity index (χ1v) is 5.27. The third kappa shape index (κ3) is 2.26. The van der Waals surface area contributed by atoms with Gasteiger partial charge in [-0.1, -0.05) is 0 Å². The van der Waals surface area contributed by atoms with Gasteiger partial charge in [-0.2, -0.15) is 4.98 Å². The summed E-state index contributed by atoms with van der Waals surface area (Å²) in [4.78, 5) is 15.7. The van der Waals surface area contributed by atoms with Crippen molar-refractivity contribution in [2.75, 3.05) is 6.54 Å². The summed E-state index contributed by atoms with van der Waals surface area (Å²) < 4.78 is 1.72. The summed E-state index contributed by atoms with van der Waals surface area (Å²) in [6.07, 6.45) is 0.775.